The van der Waals surface area contributed by atoms with Gasteiger partial charge in [0, 0.05) is 17.0 Å². The zero-order chi connectivity index (χ0) is 20.7. The lowest BCUT2D eigenvalue weighted by molar-refractivity contribution is -0.118. The largest absolute Gasteiger partial charge is 0.444 e. The van der Waals surface area contributed by atoms with Gasteiger partial charge >= 0.3 is 0 Å². The Morgan fingerprint density at radius 1 is 1.14 bits per heavy atom. The molecule has 2 aromatic heterocycles. The van der Waals surface area contributed by atoms with Gasteiger partial charge in [-0.15, -0.1) is 0 Å². The number of anilines is 1. The molecule has 1 N–H and O–H groups in total. The molecule has 1 amide bonds. The number of carbonyl (C=O) groups is 1. The van der Waals surface area contributed by atoms with Gasteiger partial charge in [0.15, 0.2) is 0 Å². The highest BCUT2D eigenvalue weighted by Gasteiger charge is 2.23. The molecule has 6 heteroatoms. The summed E-state index contributed by atoms with van der Waals surface area (Å²) in [5.74, 6) is 0.271. The third-order valence-corrected chi connectivity index (χ3v) is 5.19. The summed E-state index contributed by atoms with van der Waals surface area (Å²) in [6.07, 6.45) is 0. The molecular formula is C22H23N3O3. The lowest BCUT2D eigenvalue weighted by atomic mass is 10.0. The molecule has 0 saturated heterocycles. The molecule has 1 unspecified atom stereocenters. The summed E-state index contributed by atoms with van der Waals surface area (Å²) in [5, 5.41) is 13.0. The number of fused-ring (bicyclic) bond motifs is 1. The van der Waals surface area contributed by atoms with Gasteiger partial charge in [0.2, 0.25) is 11.8 Å². The number of aromatic nitrogens is 1. The van der Waals surface area contributed by atoms with E-state index >= 15 is 0 Å². The van der Waals surface area contributed by atoms with Crippen molar-refractivity contribution in [1.82, 2.24) is 4.57 Å². The molecule has 0 bridgehead atoms. The second kappa shape index (κ2) is 7.01. The van der Waals surface area contributed by atoms with E-state index in [2.05, 4.69) is 11.4 Å². The summed E-state index contributed by atoms with van der Waals surface area (Å²) in [6, 6.07) is 6.84. The first-order chi connectivity index (χ1) is 13.1. The number of amides is 1. The maximum Gasteiger partial charge on any atom is 0.252 e. The SMILES string of the molecule is Cc1cc(C)c2c(c1)c(C)cc(=O)n2C(C)C(=O)Nc1oc(C)c(C)c1C#N. The van der Waals surface area contributed by atoms with Crippen LogP contribution in [-0.2, 0) is 4.79 Å². The highest BCUT2D eigenvalue weighted by Crippen LogP contribution is 2.28. The van der Waals surface area contributed by atoms with Crippen LogP contribution in [0.2, 0.25) is 0 Å². The molecule has 0 spiro atoms. The van der Waals surface area contributed by atoms with Gasteiger partial charge in [0.25, 0.3) is 5.56 Å². The maximum atomic E-state index is 12.9. The molecule has 3 rings (SSSR count). The van der Waals surface area contributed by atoms with Crippen LogP contribution in [0.15, 0.2) is 27.4 Å². The van der Waals surface area contributed by atoms with Gasteiger partial charge < -0.3 is 4.42 Å². The van der Waals surface area contributed by atoms with Crippen LogP contribution >= 0.6 is 0 Å². The Bertz CT molecular complexity index is 1210. The Hall–Kier alpha value is -3.33. The number of furan rings is 1. The van der Waals surface area contributed by atoms with E-state index in [-0.39, 0.29) is 11.4 Å². The second-order valence-corrected chi connectivity index (χ2v) is 7.28. The monoisotopic (exact) mass is 377 g/mol. The third-order valence-electron chi connectivity index (χ3n) is 5.19. The molecule has 28 heavy (non-hydrogen) atoms. The van der Waals surface area contributed by atoms with Gasteiger partial charge in [-0.3, -0.25) is 19.5 Å². The number of rotatable bonds is 3. The minimum absolute atomic E-state index is 0.117. The Kier molecular flexibility index (Phi) is 4.86. The fourth-order valence-electron chi connectivity index (χ4n) is 3.59. The van der Waals surface area contributed by atoms with E-state index in [1.54, 1.807) is 26.8 Å². The Morgan fingerprint density at radius 2 is 1.82 bits per heavy atom. The van der Waals surface area contributed by atoms with E-state index in [4.69, 9.17) is 4.42 Å². The van der Waals surface area contributed by atoms with E-state index < -0.39 is 11.9 Å². The van der Waals surface area contributed by atoms with E-state index in [9.17, 15) is 14.9 Å². The highest BCUT2D eigenvalue weighted by atomic mass is 16.4. The first kappa shape index (κ1) is 19.4. The summed E-state index contributed by atoms with van der Waals surface area (Å²) in [7, 11) is 0. The van der Waals surface area contributed by atoms with Gasteiger partial charge in [-0.25, -0.2) is 0 Å². The summed E-state index contributed by atoms with van der Waals surface area (Å²) < 4.78 is 7.03. The van der Waals surface area contributed by atoms with Crippen molar-refractivity contribution in [3.8, 4) is 6.07 Å². The third kappa shape index (κ3) is 3.09. The van der Waals surface area contributed by atoms with Crippen LogP contribution in [0.1, 0.15) is 46.5 Å². The van der Waals surface area contributed by atoms with Crippen molar-refractivity contribution in [2.24, 2.45) is 0 Å². The summed E-state index contributed by atoms with van der Waals surface area (Å²) >= 11 is 0. The lowest BCUT2D eigenvalue weighted by Crippen LogP contribution is -2.32. The number of carbonyl (C=O) groups excluding carboxylic acids is 1. The minimum Gasteiger partial charge on any atom is -0.444 e. The summed E-state index contributed by atoms with van der Waals surface area (Å²) in [4.78, 5) is 25.7. The predicted octanol–water partition coefficient (Wildman–Crippen LogP) is 4.21. The van der Waals surface area contributed by atoms with Crippen LogP contribution < -0.4 is 10.9 Å². The van der Waals surface area contributed by atoms with Gasteiger partial charge in [0.1, 0.15) is 23.4 Å². The van der Waals surface area contributed by atoms with Gasteiger partial charge in [0.05, 0.1) is 5.52 Å². The number of nitrogens with zero attached hydrogens (tertiary/aromatic N) is 2. The molecule has 0 aliphatic carbocycles. The average molecular weight is 377 g/mol. The van der Waals surface area contributed by atoms with E-state index in [1.165, 1.54) is 4.57 Å². The van der Waals surface area contributed by atoms with Crippen molar-refractivity contribution in [2.45, 2.75) is 47.6 Å². The number of nitriles is 1. The Balaban J connectivity index is 2.11. The lowest BCUT2D eigenvalue weighted by Gasteiger charge is -2.20. The Morgan fingerprint density at radius 3 is 2.46 bits per heavy atom. The molecule has 0 radical (unpaired) electrons. The van der Waals surface area contributed by atoms with Crippen LogP contribution in [0.4, 0.5) is 5.88 Å². The number of pyridine rings is 1. The average Bonchev–Trinajstić information content (AvgIpc) is 2.88. The number of benzene rings is 1. The zero-order valence-electron chi connectivity index (χ0n) is 16.9. The first-order valence-electron chi connectivity index (χ1n) is 9.09. The van der Waals surface area contributed by atoms with Gasteiger partial charge in [-0.05, 0) is 58.7 Å². The zero-order valence-corrected chi connectivity index (χ0v) is 16.9. The van der Waals surface area contributed by atoms with E-state index in [1.807, 2.05) is 32.9 Å². The molecule has 6 nitrogen and oxygen atoms in total. The van der Waals surface area contributed by atoms with Crippen molar-refractivity contribution < 1.29 is 9.21 Å². The van der Waals surface area contributed by atoms with Crippen LogP contribution in [0.25, 0.3) is 10.9 Å². The summed E-state index contributed by atoms with van der Waals surface area (Å²) in [5.41, 5.74) is 4.38. The number of hydrogen-bond donors (Lipinski definition) is 1. The first-order valence-corrected chi connectivity index (χ1v) is 9.09. The highest BCUT2D eigenvalue weighted by molar-refractivity contribution is 5.95. The van der Waals surface area contributed by atoms with Crippen LogP contribution in [-0.4, -0.2) is 10.5 Å². The quantitative estimate of drug-likeness (QED) is 0.741. The van der Waals surface area contributed by atoms with E-state index in [0.717, 1.165) is 27.6 Å². The van der Waals surface area contributed by atoms with E-state index in [0.29, 0.717) is 16.9 Å². The molecule has 0 saturated carbocycles. The molecule has 1 atom stereocenters. The minimum atomic E-state index is -0.783. The maximum absolute atomic E-state index is 12.9. The molecule has 1 aromatic carbocycles. The second-order valence-electron chi connectivity index (χ2n) is 7.28. The number of aryl methyl sites for hydroxylation is 4. The van der Waals surface area contributed by atoms with Crippen molar-refractivity contribution in [3.05, 3.63) is 62.1 Å². The van der Waals surface area contributed by atoms with Crippen LogP contribution in [0.3, 0.4) is 0 Å². The fourth-order valence-corrected chi connectivity index (χ4v) is 3.59. The molecule has 3 aromatic rings. The van der Waals surface area contributed by atoms with Crippen molar-refractivity contribution in [1.29, 1.82) is 5.26 Å². The van der Waals surface area contributed by atoms with Gasteiger partial charge in [-0.2, -0.15) is 5.26 Å². The smallest absolute Gasteiger partial charge is 0.252 e. The molecular weight excluding hydrogens is 354 g/mol. The molecule has 144 valence electrons. The predicted molar refractivity (Wildman–Crippen MR) is 109 cm³/mol. The van der Waals surface area contributed by atoms with Gasteiger partial charge in [-0.1, -0.05) is 11.6 Å². The molecule has 0 aliphatic heterocycles. The van der Waals surface area contributed by atoms with Crippen LogP contribution in [0.5, 0.6) is 0 Å². The van der Waals surface area contributed by atoms with Crippen molar-refractivity contribution in [2.75, 3.05) is 5.32 Å². The summed E-state index contributed by atoms with van der Waals surface area (Å²) in [6.45, 7) is 11.0. The Labute approximate surface area is 163 Å². The molecule has 0 fully saturated rings. The van der Waals surface area contributed by atoms with Crippen LogP contribution in [0, 0.1) is 45.9 Å². The standard InChI is InChI=1S/C22H23N3O3/c1-11-7-13(3)20-17(8-11)12(2)9-19(26)25(20)15(5)21(27)24-22-18(10-23)14(4)16(6)28-22/h7-9,15H,1-6H3,(H,24,27). The fraction of sp³-hybridized carbons (Fsp3) is 0.318. The van der Waals surface area contributed by atoms with Crippen molar-refractivity contribution >= 4 is 22.7 Å². The normalized spacial score (nSPS) is 12.0. The number of nitrogens with one attached hydrogen (secondary N) is 1. The number of hydrogen-bond acceptors (Lipinski definition) is 4. The molecule has 0 aliphatic rings. The van der Waals surface area contributed by atoms with Crippen molar-refractivity contribution in [3.63, 3.8) is 0 Å². The molecule has 2 heterocycles. The topological polar surface area (TPSA) is 88.0 Å².